The van der Waals surface area contributed by atoms with Crippen molar-refractivity contribution in [1.29, 1.82) is 0 Å². The van der Waals surface area contributed by atoms with E-state index in [1.54, 1.807) is 4.68 Å². The first-order valence-electron chi connectivity index (χ1n) is 4.37. The van der Waals surface area contributed by atoms with Gasteiger partial charge in [0.05, 0.1) is 0 Å². The molecule has 0 fully saturated rings. The van der Waals surface area contributed by atoms with Crippen molar-refractivity contribution in [3.8, 4) is 5.75 Å². The Morgan fingerprint density at radius 3 is 2.71 bits per heavy atom. The minimum absolute atomic E-state index is 0.445. The first-order chi connectivity index (χ1) is 6.86. The minimum atomic E-state index is 0.445. The van der Waals surface area contributed by atoms with Gasteiger partial charge < -0.3 is 4.74 Å². The molecule has 0 radical (unpaired) electrons. The van der Waals surface area contributed by atoms with Crippen LogP contribution < -0.4 is 4.74 Å². The zero-order chi connectivity index (χ0) is 9.80. The van der Waals surface area contributed by atoms with Crippen LogP contribution in [0.3, 0.4) is 0 Å². The maximum absolute atomic E-state index is 5.51. The van der Waals surface area contributed by atoms with Crippen LogP contribution in [-0.2, 0) is 13.7 Å². The van der Waals surface area contributed by atoms with Gasteiger partial charge in [0.1, 0.15) is 18.7 Å². The lowest BCUT2D eigenvalue weighted by molar-refractivity contribution is 0.290. The molecule has 2 aromatic rings. The van der Waals surface area contributed by atoms with Gasteiger partial charge in [-0.05, 0) is 12.1 Å². The molecule has 0 aliphatic rings. The molecule has 2 rings (SSSR count). The molecule has 72 valence electrons. The molecule has 0 aliphatic carbocycles. The van der Waals surface area contributed by atoms with Gasteiger partial charge >= 0.3 is 0 Å². The highest BCUT2D eigenvalue weighted by Crippen LogP contribution is 2.09. The van der Waals surface area contributed by atoms with E-state index in [1.165, 1.54) is 6.33 Å². The van der Waals surface area contributed by atoms with Crippen LogP contribution in [0.1, 0.15) is 5.82 Å². The molecule has 1 aromatic carbocycles. The van der Waals surface area contributed by atoms with E-state index in [4.69, 9.17) is 4.74 Å². The minimum Gasteiger partial charge on any atom is -0.486 e. The Morgan fingerprint density at radius 1 is 1.29 bits per heavy atom. The summed E-state index contributed by atoms with van der Waals surface area (Å²) in [6, 6.07) is 9.65. The van der Waals surface area contributed by atoms with Crippen LogP contribution in [0.2, 0.25) is 0 Å². The van der Waals surface area contributed by atoms with E-state index in [1.807, 2.05) is 37.4 Å². The molecule has 14 heavy (non-hydrogen) atoms. The van der Waals surface area contributed by atoms with Gasteiger partial charge in [0, 0.05) is 7.05 Å². The number of benzene rings is 1. The zero-order valence-corrected chi connectivity index (χ0v) is 7.92. The Morgan fingerprint density at radius 2 is 2.07 bits per heavy atom. The molecule has 0 saturated carbocycles. The van der Waals surface area contributed by atoms with Crippen molar-refractivity contribution in [3.63, 3.8) is 0 Å². The summed E-state index contributed by atoms with van der Waals surface area (Å²) in [5, 5.41) is 3.95. The van der Waals surface area contributed by atoms with E-state index in [9.17, 15) is 0 Å². The lowest BCUT2D eigenvalue weighted by Gasteiger charge is -2.04. The molecule has 4 heteroatoms. The number of nitrogens with zero attached hydrogens (tertiary/aromatic N) is 3. The van der Waals surface area contributed by atoms with Gasteiger partial charge in [-0.2, -0.15) is 5.10 Å². The second-order valence-electron chi connectivity index (χ2n) is 2.90. The number of aryl methyl sites for hydroxylation is 1. The first-order valence-corrected chi connectivity index (χ1v) is 4.37. The van der Waals surface area contributed by atoms with Crippen molar-refractivity contribution in [2.75, 3.05) is 0 Å². The van der Waals surface area contributed by atoms with E-state index >= 15 is 0 Å². The summed E-state index contributed by atoms with van der Waals surface area (Å²) in [5.41, 5.74) is 0. The first kappa shape index (κ1) is 8.74. The third kappa shape index (κ3) is 1.90. The highest BCUT2D eigenvalue weighted by Gasteiger charge is 2.00. The summed E-state index contributed by atoms with van der Waals surface area (Å²) >= 11 is 0. The molecule has 0 unspecified atom stereocenters. The van der Waals surface area contributed by atoms with E-state index in [0.717, 1.165) is 11.6 Å². The third-order valence-corrected chi connectivity index (χ3v) is 1.92. The molecule has 4 nitrogen and oxygen atoms in total. The lowest BCUT2D eigenvalue weighted by atomic mass is 10.3. The molecule has 0 saturated heterocycles. The highest BCUT2D eigenvalue weighted by atomic mass is 16.5. The molecule has 0 amide bonds. The summed E-state index contributed by atoms with van der Waals surface area (Å²) < 4.78 is 7.21. The van der Waals surface area contributed by atoms with Crippen LogP contribution in [0.5, 0.6) is 5.75 Å². The van der Waals surface area contributed by atoms with Crippen LogP contribution in [0.15, 0.2) is 36.7 Å². The zero-order valence-electron chi connectivity index (χ0n) is 7.92. The Hall–Kier alpha value is -1.84. The van der Waals surface area contributed by atoms with E-state index < -0.39 is 0 Å². The largest absolute Gasteiger partial charge is 0.486 e. The van der Waals surface area contributed by atoms with Crippen molar-refractivity contribution in [2.45, 2.75) is 6.61 Å². The van der Waals surface area contributed by atoms with Crippen molar-refractivity contribution in [3.05, 3.63) is 42.5 Å². The maximum Gasteiger partial charge on any atom is 0.164 e. The number of aromatic nitrogens is 3. The van der Waals surface area contributed by atoms with E-state index in [2.05, 4.69) is 10.1 Å². The van der Waals surface area contributed by atoms with Gasteiger partial charge in [0.2, 0.25) is 0 Å². The van der Waals surface area contributed by atoms with Gasteiger partial charge in [0.15, 0.2) is 5.82 Å². The van der Waals surface area contributed by atoms with Crippen LogP contribution in [0.4, 0.5) is 0 Å². The van der Waals surface area contributed by atoms with Crippen molar-refractivity contribution in [1.82, 2.24) is 14.8 Å². The van der Waals surface area contributed by atoms with Crippen LogP contribution >= 0.6 is 0 Å². The fraction of sp³-hybridized carbons (Fsp3) is 0.200. The van der Waals surface area contributed by atoms with Crippen molar-refractivity contribution >= 4 is 0 Å². The Bertz CT molecular complexity index is 397. The Balaban J connectivity index is 1.99. The second kappa shape index (κ2) is 3.91. The van der Waals surface area contributed by atoms with E-state index in [0.29, 0.717) is 6.61 Å². The Labute approximate surface area is 82.2 Å². The van der Waals surface area contributed by atoms with Crippen LogP contribution in [0, 0.1) is 0 Å². The number of ether oxygens (including phenoxy) is 1. The fourth-order valence-corrected chi connectivity index (χ4v) is 1.12. The quantitative estimate of drug-likeness (QED) is 0.732. The highest BCUT2D eigenvalue weighted by molar-refractivity contribution is 5.20. The van der Waals surface area contributed by atoms with Crippen molar-refractivity contribution in [2.24, 2.45) is 7.05 Å². The molecule has 1 aromatic heterocycles. The number of rotatable bonds is 3. The van der Waals surface area contributed by atoms with Gasteiger partial charge in [-0.15, -0.1) is 0 Å². The third-order valence-electron chi connectivity index (χ3n) is 1.92. The van der Waals surface area contributed by atoms with Crippen molar-refractivity contribution < 1.29 is 4.74 Å². The van der Waals surface area contributed by atoms with Gasteiger partial charge in [-0.25, -0.2) is 4.98 Å². The molecular formula is C10H11N3O. The Kier molecular flexibility index (Phi) is 2.44. The number of hydrogen-bond acceptors (Lipinski definition) is 3. The monoisotopic (exact) mass is 189 g/mol. The topological polar surface area (TPSA) is 39.9 Å². The summed E-state index contributed by atoms with van der Waals surface area (Å²) in [4.78, 5) is 4.06. The van der Waals surface area contributed by atoms with E-state index in [-0.39, 0.29) is 0 Å². The standard InChI is InChI=1S/C10H11N3O/c1-13-10(11-8-12-13)7-14-9-5-3-2-4-6-9/h2-6,8H,7H2,1H3. The maximum atomic E-state index is 5.51. The molecule has 0 N–H and O–H groups in total. The lowest BCUT2D eigenvalue weighted by Crippen LogP contribution is -2.04. The van der Waals surface area contributed by atoms with Crippen LogP contribution in [0.25, 0.3) is 0 Å². The average molecular weight is 189 g/mol. The molecule has 1 heterocycles. The molecule has 0 aliphatic heterocycles. The molecule has 0 bridgehead atoms. The smallest absolute Gasteiger partial charge is 0.164 e. The number of para-hydroxylation sites is 1. The van der Waals surface area contributed by atoms with Gasteiger partial charge in [-0.1, -0.05) is 18.2 Å². The average Bonchev–Trinajstić information content (AvgIpc) is 2.63. The molecule has 0 atom stereocenters. The summed E-state index contributed by atoms with van der Waals surface area (Å²) in [6.07, 6.45) is 1.52. The summed E-state index contributed by atoms with van der Waals surface area (Å²) in [7, 11) is 1.84. The second-order valence-corrected chi connectivity index (χ2v) is 2.90. The number of hydrogen-bond donors (Lipinski definition) is 0. The van der Waals surface area contributed by atoms with Gasteiger partial charge in [0.25, 0.3) is 0 Å². The predicted octanol–water partition coefficient (Wildman–Crippen LogP) is 1.39. The predicted molar refractivity (Wildman–Crippen MR) is 51.8 cm³/mol. The summed E-state index contributed by atoms with van der Waals surface area (Å²) in [5.74, 6) is 1.66. The SMILES string of the molecule is Cn1ncnc1COc1ccccc1. The fourth-order valence-electron chi connectivity index (χ4n) is 1.12. The van der Waals surface area contributed by atoms with Gasteiger partial charge in [-0.3, -0.25) is 4.68 Å². The normalized spacial score (nSPS) is 10.1. The molecular weight excluding hydrogens is 178 g/mol. The molecule has 0 spiro atoms. The van der Waals surface area contributed by atoms with Crippen LogP contribution in [-0.4, -0.2) is 14.8 Å². The summed E-state index contributed by atoms with van der Waals surface area (Å²) in [6.45, 7) is 0.445.